The summed E-state index contributed by atoms with van der Waals surface area (Å²) in [4.78, 5) is 36.8. The first-order valence-electron chi connectivity index (χ1n) is 8.90. The number of carbonyl (C=O) groups is 3. The molecule has 7 heteroatoms. The van der Waals surface area contributed by atoms with Crippen LogP contribution in [0.15, 0.2) is 0 Å². The van der Waals surface area contributed by atoms with E-state index in [0.717, 1.165) is 6.42 Å². The standard InChI is InChI=1S/C17H32N4O3/c1-12(2)16(19)17(24)20-10-15(23)21(11-14(18)22)9-8-13-6-4-3-5-7-13/h12-13,16H,3-11,19H2,1-2H3,(H2,18,22)(H,20,24)/t16-/m0/s1. The van der Waals surface area contributed by atoms with E-state index in [4.69, 9.17) is 11.5 Å². The SMILES string of the molecule is CC(C)[C@H](N)C(=O)NCC(=O)N(CCC1CCCCC1)CC(N)=O. The Labute approximate surface area is 144 Å². The fraction of sp³-hybridized carbons (Fsp3) is 0.824. The van der Waals surface area contributed by atoms with Gasteiger partial charge in [-0.05, 0) is 18.3 Å². The van der Waals surface area contributed by atoms with Gasteiger partial charge >= 0.3 is 0 Å². The van der Waals surface area contributed by atoms with Crippen molar-refractivity contribution in [2.24, 2.45) is 23.3 Å². The number of nitrogens with two attached hydrogens (primary N) is 2. The molecular weight excluding hydrogens is 308 g/mol. The number of amides is 3. The Morgan fingerprint density at radius 3 is 2.33 bits per heavy atom. The van der Waals surface area contributed by atoms with E-state index in [2.05, 4.69) is 5.32 Å². The molecule has 0 spiro atoms. The Hall–Kier alpha value is -1.63. The van der Waals surface area contributed by atoms with Gasteiger partial charge in [0.25, 0.3) is 0 Å². The van der Waals surface area contributed by atoms with Crippen LogP contribution < -0.4 is 16.8 Å². The molecule has 1 aliphatic rings. The number of hydrogen-bond donors (Lipinski definition) is 3. The Balaban J connectivity index is 2.48. The predicted molar refractivity (Wildman–Crippen MR) is 92.8 cm³/mol. The monoisotopic (exact) mass is 340 g/mol. The van der Waals surface area contributed by atoms with Crippen LogP contribution in [-0.4, -0.2) is 48.3 Å². The lowest BCUT2D eigenvalue weighted by Gasteiger charge is -2.26. The van der Waals surface area contributed by atoms with Crippen LogP contribution in [-0.2, 0) is 14.4 Å². The molecule has 0 aliphatic heterocycles. The molecule has 0 aromatic heterocycles. The lowest BCUT2D eigenvalue weighted by Crippen LogP contribution is -2.49. The molecule has 0 heterocycles. The lowest BCUT2D eigenvalue weighted by molar-refractivity contribution is -0.136. The third-order valence-corrected chi connectivity index (χ3v) is 4.67. The van der Waals surface area contributed by atoms with Gasteiger partial charge in [-0.2, -0.15) is 0 Å². The molecule has 0 radical (unpaired) electrons. The van der Waals surface area contributed by atoms with E-state index in [1.165, 1.54) is 37.0 Å². The molecule has 1 aliphatic carbocycles. The number of hydrogen-bond acceptors (Lipinski definition) is 4. The van der Waals surface area contributed by atoms with Crippen molar-refractivity contribution < 1.29 is 14.4 Å². The summed E-state index contributed by atoms with van der Waals surface area (Å²) in [5.41, 5.74) is 11.0. The maximum Gasteiger partial charge on any atom is 0.242 e. The maximum absolute atomic E-state index is 12.3. The summed E-state index contributed by atoms with van der Waals surface area (Å²) >= 11 is 0. The quantitative estimate of drug-likeness (QED) is 0.562. The third-order valence-electron chi connectivity index (χ3n) is 4.67. The summed E-state index contributed by atoms with van der Waals surface area (Å²) in [7, 11) is 0. The second-order valence-electron chi connectivity index (χ2n) is 7.06. The van der Waals surface area contributed by atoms with Gasteiger partial charge in [0.15, 0.2) is 0 Å². The molecule has 0 aromatic carbocycles. The summed E-state index contributed by atoms with van der Waals surface area (Å²) in [5.74, 6) is -0.602. The van der Waals surface area contributed by atoms with E-state index in [0.29, 0.717) is 12.5 Å². The van der Waals surface area contributed by atoms with Crippen LogP contribution in [0.1, 0.15) is 52.4 Å². The zero-order valence-electron chi connectivity index (χ0n) is 14.9. The highest BCUT2D eigenvalue weighted by molar-refractivity contribution is 5.89. The third kappa shape index (κ3) is 7.29. The summed E-state index contributed by atoms with van der Waals surface area (Å²) < 4.78 is 0. The van der Waals surface area contributed by atoms with Gasteiger partial charge in [-0.15, -0.1) is 0 Å². The molecule has 1 saturated carbocycles. The smallest absolute Gasteiger partial charge is 0.242 e. The van der Waals surface area contributed by atoms with Crippen molar-refractivity contribution in [3.63, 3.8) is 0 Å². The Bertz CT molecular complexity index is 434. The summed E-state index contributed by atoms with van der Waals surface area (Å²) in [6.07, 6.45) is 6.98. The second-order valence-corrected chi connectivity index (χ2v) is 7.06. The fourth-order valence-electron chi connectivity index (χ4n) is 2.99. The van der Waals surface area contributed by atoms with Crippen molar-refractivity contribution in [3.8, 4) is 0 Å². The molecule has 1 atom stereocenters. The zero-order valence-corrected chi connectivity index (χ0v) is 14.9. The number of nitrogens with one attached hydrogen (secondary N) is 1. The van der Waals surface area contributed by atoms with Gasteiger partial charge in [0, 0.05) is 6.54 Å². The first kappa shape index (κ1) is 20.4. The first-order chi connectivity index (χ1) is 11.3. The first-order valence-corrected chi connectivity index (χ1v) is 8.90. The number of primary amides is 1. The fourth-order valence-corrected chi connectivity index (χ4v) is 2.99. The van der Waals surface area contributed by atoms with E-state index >= 15 is 0 Å². The average molecular weight is 340 g/mol. The molecule has 24 heavy (non-hydrogen) atoms. The van der Waals surface area contributed by atoms with Crippen molar-refractivity contribution >= 4 is 17.7 Å². The van der Waals surface area contributed by atoms with Gasteiger partial charge in [0.05, 0.1) is 19.1 Å². The molecule has 1 rings (SSSR count). The molecule has 138 valence electrons. The summed E-state index contributed by atoms with van der Waals surface area (Å²) in [6.45, 7) is 3.92. The Kier molecular flexibility index (Phi) is 8.74. The van der Waals surface area contributed by atoms with Gasteiger partial charge in [0.2, 0.25) is 17.7 Å². The molecule has 0 saturated heterocycles. The molecule has 0 unspecified atom stereocenters. The van der Waals surface area contributed by atoms with Crippen LogP contribution in [0.2, 0.25) is 0 Å². The van der Waals surface area contributed by atoms with E-state index in [-0.39, 0.29) is 30.8 Å². The van der Waals surface area contributed by atoms with Gasteiger partial charge in [0.1, 0.15) is 0 Å². The predicted octanol–water partition coefficient (Wildman–Crippen LogP) is 0.370. The van der Waals surface area contributed by atoms with Crippen LogP contribution in [0.4, 0.5) is 0 Å². The minimum absolute atomic E-state index is 0.00636. The summed E-state index contributed by atoms with van der Waals surface area (Å²) in [5, 5.41) is 2.55. The van der Waals surface area contributed by atoms with Crippen LogP contribution in [0, 0.1) is 11.8 Å². The van der Waals surface area contributed by atoms with Crippen LogP contribution in [0.25, 0.3) is 0 Å². The van der Waals surface area contributed by atoms with Crippen molar-refractivity contribution in [1.82, 2.24) is 10.2 Å². The van der Waals surface area contributed by atoms with Crippen molar-refractivity contribution in [2.75, 3.05) is 19.6 Å². The van der Waals surface area contributed by atoms with Gasteiger partial charge in [-0.3, -0.25) is 14.4 Å². The lowest BCUT2D eigenvalue weighted by atomic mass is 9.87. The van der Waals surface area contributed by atoms with E-state index in [9.17, 15) is 14.4 Å². The van der Waals surface area contributed by atoms with E-state index in [1.54, 1.807) is 0 Å². The van der Waals surface area contributed by atoms with Crippen LogP contribution in [0.5, 0.6) is 0 Å². The normalized spacial score (nSPS) is 16.7. The van der Waals surface area contributed by atoms with E-state index in [1.807, 2.05) is 13.8 Å². The van der Waals surface area contributed by atoms with Crippen LogP contribution >= 0.6 is 0 Å². The minimum Gasteiger partial charge on any atom is -0.368 e. The number of carbonyl (C=O) groups excluding carboxylic acids is 3. The van der Waals surface area contributed by atoms with E-state index < -0.39 is 11.9 Å². The topological polar surface area (TPSA) is 119 Å². The Morgan fingerprint density at radius 2 is 1.79 bits per heavy atom. The van der Waals surface area contributed by atoms with Crippen LogP contribution in [0.3, 0.4) is 0 Å². The Morgan fingerprint density at radius 1 is 1.17 bits per heavy atom. The number of nitrogens with zero attached hydrogens (tertiary/aromatic N) is 1. The van der Waals surface area contributed by atoms with Gasteiger partial charge < -0.3 is 21.7 Å². The largest absolute Gasteiger partial charge is 0.368 e. The van der Waals surface area contributed by atoms with Crippen molar-refractivity contribution in [3.05, 3.63) is 0 Å². The molecule has 7 nitrogen and oxygen atoms in total. The molecular formula is C17H32N4O3. The highest BCUT2D eigenvalue weighted by Crippen LogP contribution is 2.26. The average Bonchev–Trinajstić information content (AvgIpc) is 2.55. The molecule has 3 amide bonds. The highest BCUT2D eigenvalue weighted by atomic mass is 16.2. The number of rotatable bonds is 9. The summed E-state index contributed by atoms with van der Waals surface area (Å²) in [6, 6.07) is -0.648. The molecule has 0 aromatic rings. The zero-order chi connectivity index (χ0) is 18.1. The van der Waals surface area contributed by atoms with Crippen molar-refractivity contribution in [2.45, 2.75) is 58.4 Å². The maximum atomic E-state index is 12.3. The van der Waals surface area contributed by atoms with Crippen molar-refractivity contribution in [1.29, 1.82) is 0 Å². The van der Waals surface area contributed by atoms with Gasteiger partial charge in [-0.25, -0.2) is 0 Å². The highest BCUT2D eigenvalue weighted by Gasteiger charge is 2.22. The minimum atomic E-state index is -0.648. The molecule has 1 fully saturated rings. The molecule has 0 bridgehead atoms. The van der Waals surface area contributed by atoms with Gasteiger partial charge in [-0.1, -0.05) is 46.0 Å². The molecule has 5 N–H and O–H groups in total. The second kappa shape index (κ2) is 10.3.